The average molecular weight is 325 g/mol. The Morgan fingerprint density at radius 2 is 2.21 bits per heavy atom. The Morgan fingerprint density at radius 1 is 1.47 bits per heavy atom. The van der Waals surface area contributed by atoms with Crippen LogP contribution in [0.3, 0.4) is 0 Å². The highest BCUT2D eigenvalue weighted by Gasteiger charge is 2.15. The second-order valence-corrected chi connectivity index (χ2v) is 4.92. The fourth-order valence-corrected chi connectivity index (χ4v) is 2.15. The lowest BCUT2D eigenvalue weighted by Crippen LogP contribution is -2.32. The van der Waals surface area contributed by atoms with Gasteiger partial charge in [-0.05, 0) is 31.5 Å². The first kappa shape index (κ1) is 15.5. The van der Waals surface area contributed by atoms with Gasteiger partial charge in [-0.3, -0.25) is 4.79 Å². The fourth-order valence-electron chi connectivity index (χ4n) is 1.79. The molecule has 0 spiro atoms. The summed E-state index contributed by atoms with van der Waals surface area (Å²) >= 11 is 3.34. The number of nitrogens with zero attached hydrogens (tertiary/aromatic N) is 2. The smallest absolute Gasteiger partial charge is 0.325 e. The lowest BCUT2D eigenvalue weighted by Gasteiger charge is -2.24. The van der Waals surface area contributed by atoms with Crippen molar-refractivity contribution in [3.05, 3.63) is 28.2 Å². The molecule has 0 aliphatic carbocycles. The Balaban J connectivity index is 2.99. The van der Waals surface area contributed by atoms with Gasteiger partial charge in [0.25, 0.3) is 0 Å². The minimum absolute atomic E-state index is 0.165. The summed E-state index contributed by atoms with van der Waals surface area (Å²) in [5, 5.41) is 9.18. The van der Waals surface area contributed by atoms with Crippen LogP contribution in [0.25, 0.3) is 0 Å². The molecule has 102 valence electrons. The quantitative estimate of drug-likeness (QED) is 0.754. The number of benzene rings is 1. The second kappa shape index (κ2) is 7.80. The maximum Gasteiger partial charge on any atom is 0.325 e. The molecule has 5 heteroatoms. The number of ether oxygens (including phenoxy) is 1. The monoisotopic (exact) mass is 324 g/mol. The number of halogens is 1. The molecule has 0 atom stereocenters. The highest BCUT2D eigenvalue weighted by Crippen LogP contribution is 2.24. The molecular weight excluding hydrogens is 308 g/mol. The van der Waals surface area contributed by atoms with Gasteiger partial charge >= 0.3 is 5.97 Å². The largest absolute Gasteiger partial charge is 0.465 e. The molecule has 0 amide bonds. The number of nitriles is 1. The van der Waals surface area contributed by atoms with Crippen LogP contribution in [0.4, 0.5) is 5.69 Å². The lowest BCUT2D eigenvalue weighted by atomic mass is 10.1. The van der Waals surface area contributed by atoms with Crippen LogP contribution < -0.4 is 4.90 Å². The molecule has 0 saturated heterocycles. The van der Waals surface area contributed by atoms with E-state index in [0.717, 1.165) is 16.6 Å². The molecule has 0 radical (unpaired) electrons. The summed E-state index contributed by atoms with van der Waals surface area (Å²) in [7, 11) is 0. The summed E-state index contributed by atoms with van der Waals surface area (Å²) in [5.41, 5.74) is 1.31. The second-order valence-electron chi connectivity index (χ2n) is 4.00. The molecule has 1 rings (SSSR count). The fraction of sp³-hybridized carbons (Fsp3) is 0.429. The summed E-state index contributed by atoms with van der Waals surface area (Å²) in [4.78, 5) is 13.5. The lowest BCUT2D eigenvalue weighted by molar-refractivity contribution is -0.141. The van der Waals surface area contributed by atoms with Gasteiger partial charge in [-0.2, -0.15) is 5.26 Å². The first-order valence-corrected chi connectivity index (χ1v) is 7.01. The third-order valence-electron chi connectivity index (χ3n) is 2.54. The molecule has 19 heavy (non-hydrogen) atoms. The molecule has 0 bridgehead atoms. The zero-order chi connectivity index (χ0) is 14.3. The number of carbonyl (C=O) groups excluding carboxylic acids is 1. The highest BCUT2D eigenvalue weighted by atomic mass is 79.9. The van der Waals surface area contributed by atoms with Crippen LogP contribution in [0.5, 0.6) is 0 Å². The average Bonchev–Trinajstić information content (AvgIpc) is 2.38. The molecule has 0 fully saturated rings. The number of hydrogen-bond acceptors (Lipinski definition) is 4. The van der Waals surface area contributed by atoms with E-state index < -0.39 is 0 Å². The van der Waals surface area contributed by atoms with Gasteiger partial charge in [-0.15, -0.1) is 0 Å². The molecule has 1 aromatic rings. The van der Waals surface area contributed by atoms with Gasteiger partial charge in [0.2, 0.25) is 0 Å². The van der Waals surface area contributed by atoms with Gasteiger partial charge < -0.3 is 9.64 Å². The van der Waals surface area contributed by atoms with Crippen molar-refractivity contribution in [3.8, 4) is 6.07 Å². The van der Waals surface area contributed by atoms with E-state index in [1.165, 1.54) is 0 Å². The Kier molecular flexibility index (Phi) is 6.37. The van der Waals surface area contributed by atoms with Crippen LogP contribution in [-0.2, 0) is 9.53 Å². The van der Waals surface area contributed by atoms with Gasteiger partial charge in [-0.25, -0.2) is 0 Å². The first-order chi connectivity index (χ1) is 9.12. The summed E-state index contributed by atoms with van der Waals surface area (Å²) in [6, 6.07) is 7.62. The predicted molar refractivity (Wildman–Crippen MR) is 78.0 cm³/mol. The third kappa shape index (κ3) is 4.56. The Labute approximate surface area is 122 Å². The van der Waals surface area contributed by atoms with E-state index in [2.05, 4.69) is 22.0 Å². The maximum atomic E-state index is 11.6. The number of esters is 1. The standard InChI is InChI=1S/C14H17BrN2O2/c1-3-7-17(10-14(18)19-4-2)13-6-5-12(15)8-11(13)9-16/h5-6,8H,3-4,7,10H2,1-2H3. The van der Waals surface area contributed by atoms with E-state index in [4.69, 9.17) is 4.74 Å². The van der Waals surface area contributed by atoms with E-state index in [9.17, 15) is 10.1 Å². The van der Waals surface area contributed by atoms with Crippen molar-refractivity contribution in [2.45, 2.75) is 20.3 Å². The van der Waals surface area contributed by atoms with Crippen LogP contribution in [-0.4, -0.2) is 25.7 Å². The van der Waals surface area contributed by atoms with Crippen LogP contribution in [0, 0.1) is 11.3 Å². The van der Waals surface area contributed by atoms with Gasteiger partial charge in [-0.1, -0.05) is 22.9 Å². The zero-order valence-electron chi connectivity index (χ0n) is 11.1. The highest BCUT2D eigenvalue weighted by molar-refractivity contribution is 9.10. The molecule has 0 heterocycles. The van der Waals surface area contributed by atoms with Crippen LogP contribution in [0.15, 0.2) is 22.7 Å². The minimum atomic E-state index is -0.275. The van der Waals surface area contributed by atoms with Gasteiger partial charge in [0.15, 0.2) is 0 Å². The summed E-state index contributed by atoms with van der Waals surface area (Å²) in [5.74, 6) is -0.275. The van der Waals surface area contributed by atoms with Crippen molar-refractivity contribution in [3.63, 3.8) is 0 Å². The molecule has 0 unspecified atom stereocenters. The predicted octanol–water partition coefficient (Wildman–Crippen LogP) is 3.10. The molecule has 1 aromatic carbocycles. The number of anilines is 1. The number of carbonyl (C=O) groups is 1. The Morgan fingerprint density at radius 3 is 2.79 bits per heavy atom. The van der Waals surface area contributed by atoms with Crippen molar-refractivity contribution in [2.24, 2.45) is 0 Å². The Bertz CT molecular complexity index is 483. The molecule has 0 aliphatic rings. The van der Waals surface area contributed by atoms with E-state index in [0.29, 0.717) is 18.7 Å². The number of rotatable bonds is 6. The van der Waals surface area contributed by atoms with Gasteiger partial charge in [0.1, 0.15) is 12.6 Å². The van der Waals surface area contributed by atoms with Crippen LogP contribution in [0.1, 0.15) is 25.8 Å². The molecule has 4 nitrogen and oxygen atoms in total. The summed E-state index contributed by atoms with van der Waals surface area (Å²) < 4.78 is 5.81. The van der Waals surface area contributed by atoms with E-state index in [1.54, 1.807) is 13.0 Å². The van der Waals surface area contributed by atoms with Crippen molar-refractivity contribution in [1.29, 1.82) is 5.26 Å². The molecule has 0 N–H and O–H groups in total. The molecule has 0 aliphatic heterocycles. The summed E-state index contributed by atoms with van der Waals surface area (Å²) in [6.45, 7) is 5.04. The minimum Gasteiger partial charge on any atom is -0.465 e. The van der Waals surface area contributed by atoms with E-state index in [-0.39, 0.29) is 12.5 Å². The topological polar surface area (TPSA) is 53.3 Å². The number of hydrogen-bond donors (Lipinski definition) is 0. The maximum absolute atomic E-state index is 11.6. The van der Waals surface area contributed by atoms with Gasteiger partial charge in [0.05, 0.1) is 17.9 Å². The van der Waals surface area contributed by atoms with Crippen LogP contribution in [0.2, 0.25) is 0 Å². The SMILES string of the molecule is CCCN(CC(=O)OCC)c1ccc(Br)cc1C#N. The van der Waals surface area contributed by atoms with E-state index in [1.807, 2.05) is 24.0 Å². The van der Waals surface area contributed by atoms with Crippen molar-refractivity contribution < 1.29 is 9.53 Å². The molecule has 0 aromatic heterocycles. The van der Waals surface area contributed by atoms with Crippen molar-refractivity contribution in [2.75, 3.05) is 24.6 Å². The third-order valence-corrected chi connectivity index (χ3v) is 3.03. The van der Waals surface area contributed by atoms with E-state index >= 15 is 0 Å². The van der Waals surface area contributed by atoms with Crippen LogP contribution >= 0.6 is 15.9 Å². The zero-order valence-corrected chi connectivity index (χ0v) is 12.7. The summed E-state index contributed by atoms with van der Waals surface area (Å²) in [6.07, 6.45) is 0.889. The first-order valence-electron chi connectivity index (χ1n) is 6.22. The normalized spacial score (nSPS) is 9.79. The molecular formula is C14H17BrN2O2. The molecule has 0 saturated carbocycles. The van der Waals surface area contributed by atoms with Crippen molar-refractivity contribution in [1.82, 2.24) is 0 Å². The van der Waals surface area contributed by atoms with Gasteiger partial charge in [0, 0.05) is 11.0 Å². The van der Waals surface area contributed by atoms with Crippen molar-refractivity contribution >= 4 is 27.6 Å². The Hall–Kier alpha value is -1.54.